The van der Waals surface area contributed by atoms with E-state index in [1.165, 1.54) is 12.1 Å². The molecule has 0 spiro atoms. The van der Waals surface area contributed by atoms with Gasteiger partial charge in [-0.25, -0.2) is 9.29 Å². The lowest BCUT2D eigenvalue weighted by atomic mass is 10.2. The number of fused-ring (bicyclic) bond motifs is 1. The Morgan fingerprint density at radius 3 is 2.49 bits per heavy atom. The molecule has 0 fully saturated rings. The number of amides is 1. The minimum Gasteiger partial charge on any atom is -0.495 e. The first kappa shape index (κ1) is 26.5. The molecule has 2 aromatic heterocycles. The maximum Gasteiger partial charge on any atom is 0.516 e. The molecule has 37 heavy (non-hydrogen) atoms. The molecule has 1 aliphatic rings. The number of halogens is 4. The summed E-state index contributed by atoms with van der Waals surface area (Å²) in [5, 5.41) is 8.39. The van der Waals surface area contributed by atoms with Crippen LogP contribution in [0.5, 0.6) is 5.75 Å². The van der Waals surface area contributed by atoms with Gasteiger partial charge in [0, 0.05) is 18.8 Å². The Balaban J connectivity index is 1.44. The number of rotatable bonds is 7. The number of ether oxygens (including phenoxy) is 1. The van der Waals surface area contributed by atoms with Crippen LogP contribution in [0.1, 0.15) is 28.7 Å². The van der Waals surface area contributed by atoms with Gasteiger partial charge >= 0.3 is 15.5 Å². The van der Waals surface area contributed by atoms with Crippen molar-refractivity contribution in [3.8, 4) is 5.75 Å². The highest BCUT2D eigenvalue weighted by Crippen LogP contribution is 2.29. The standard InChI is InChI=1S/C22H22ClF3N6O4S/c1-3-17-20(31-12-16(23)18(36-2)10-19(31)29-17)21(33)27-11-14-4-6-15(7-5-14)32-9-8-30(13-28-32)37(34,35)22(24,25)26/h4-7,10,12-13H,3,8-9,11H2,1-2H3,(H,27,33). The first-order valence-electron chi connectivity index (χ1n) is 11.0. The van der Waals surface area contributed by atoms with Crippen molar-refractivity contribution in [2.24, 2.45) is 5.10 Å². The number of anilines is 1. The Bertz CT molecular complexity index is 1460. The van der Waals surface area contributed by atoms with Gasteiger partial charge in [0.15, 0.2) is 0 Å². The van der Waals surface area contributed by atoms with Crippen LogP contribution in [0.2, 0.25) is 5.02 Å². The van der Waals surface area contributed by atoms with Crippen molar-refractivity contribution in [1.82, 2.24) is 19.0 Å². The number of carbonyl (C=O) groups is 1. The fourth-order valence-corrected chi connectivity index (χ4v) is 4.71. The largest absolute Gasteiger partial charge is 0.516 e. The molecule has 0 saturated carbocycles. The molecule has 0 atom stereocenters. The zero-order chi connectivity index (χ0) is 27.0. The number of hydrogen-bond acceptors (Lipinski definition) is 7. The second-order valence-electron chi connectivity index (χ2n) is 7.94. The van der Waals surface area contributed by atoms with E-state index in [4.69, 9.17) is 16.3 Å². The molecule has 198 valence electrons. The second-order valence-corrected chi connectivity index (χ2v) is 10.2. The van der Waals surface area contributed by atoms with Gasteiger partial charge in [0.1, 0.15) is 23.4 Å². The van der Waals surface area contributed by atoms with E-state index < -0.39 is 22.1 Å². The Hall–Kier alpha value is -3.52. The van der Waals surface area contributed by atoms with Crippen LogP contribution in [-0.4, -0.2) is 60.1 Å². The molecule has 15 heteroatoms. The van der Waals surface area contributed by atoms with Crippen LogP contribution in [0.25, 0.3) is 5.65 Å². The van der Waals surface area contributed by atoms with Crippen LogP contribution in [0.4, 0.5) is 18.9 Å². The van der Waals surface area contributed by atoms with E-state index in [2.05, 4.69) is 15.4 Å². The molecule has 1 aliphatic heterocycles. The molecule has 0 unspecified atom stereocenters. The van der Waals surface area contributed by atoms with Gasteiger partial charge in [-0.2, -0.15) is 26.7 Å². The molecule has 1 N–H and O–H groups in total. The number of hydrogen-bond donors (Lipinski definition) is 1. The number of imidazole rings is 1. The number of methoxy groups -OCH3 is 1. The Morgan fingerprint density at radius 2 is 1.92 bits per heavy atom. The molecule has 0 radical (unpaired) electrons. The SMILES string of the molecule is CCc1nc2cc(OC)c(Cl)cn2c1C(=O)NCc1ccc(N2CCN(S(=O)(=O)C(F)(F)F)C=N2)cc1. The van der Waals surface area contributed by atoms with Crippen molar-refractivity contribution in [3.05, 3.63) is 58.5 Å². The zero-order valence-electron chi connectivity index (χ0n) is 19.7. The summed E-state index contributed by atoms with van der Waals surface area (Å²) >= 11 is 6.23. The highest BCUT2D eigenvalue weighted by Gasteiger charge is 2.50. The van der Waals surface area contributed by atoms with E-state index in [-0.39, 0.29) is 23.3 Å². The van der Waals surface area contributed by atoms with E-state index in [9.17, 15) is 26.4 Å². The molecule has 1 amide bonds. The summed E-state index contributed by atoms with van der Waals surface area (Å²) in [6, 6.07) is 8.44. The number of pyridine rings is 1. The maximum atomic E-state index is 13.0. The predicted molar refractivity (Wildman–Crippen MR) is 131 cm³/mol. The van der Waals surface area contributed by atoms with E-state index in [1.54, 1.807) is 40.9 Å². The number of aryl methyl sites for hydroxylation is 1. The van der Waals surface area contributed by atoms with Gasteiger partial charge in [-0.15, -0.1) is 0 Å². The number of aromatic nitrogens is 2. The third-order valence-corrected chi connectivity index (χ3v) is 7.42. The lowest BCUT2D eigenvalue weighted by Gasteiger charge is -2.29. The summed E-state index contributed by atoms with van der Waals surface area (Å²) in [7, 11) is -3.98. The lowest BCUT2D eigenvalue weighted by molar-refractivity contribution is -0.0471. The molecule has 10 nitrogen and oxygen atoms in total. The Morgan fingerprint density at radius 1 is 1.22 bits per heavy atom. The van der Waals surface area contributed by atoms with Gasteiger partial charge in [0.25, 0.3) is 5.91 Å². The molecular formula is C22H22ClF3N6O4S. The number of hydrazone groups is 1. The number of benzene rings is 1. The molecule has 4 rings (SSSR count). The van der Waals surface area contributed by atoms with Gasteiger partial charge in [-0.1, -0.05) is 30.7 Å². The van der Waals surface area contributed by atoms with Crippen LogP contribution in [0.3, 0.4) is 0 Å². The quantitative estimate of drug-likeness (QED) is 0.476. The molecule has 3 heterocycles. The minimum atomic E-state index is -5.47. The normalized spacial score (nSPS) is 14.3. The van der Waals surface area contributed by atoms with Crippen molar-refractivity contribution in [1.29, 1.82) is 0 Å². The average molecular weight is 559 g/mol. The first-order chi connectivity index (χ1) is 17.5. The van der Waals surface area contributed by atoms with Crippen molar-refractivity contribution >= 4 is 45.2 Å². The highest BCUT2D eigenvalue weighted by atomic mass is 35.5. The van der Waals surface area contributed by atoms with Crippen molar-refractivity contribution < 1.29 is 31.1 Å². The minimum absolute atomic E-state index is 0.0662. The fraction of sp³-hybridized carbons (Fsp3) is 0.318. The number of sulfonamides is 1. The lowest BCUT2D eigenvalue weighted by Crippen LogP contribution is -2.46. The first-order valence-corrected chi connectivity index (χ1v) is 12.8. The third kappa shape index (κ3) is 5.16. The van der Waals surface area contributed by atoms with Gasteiger partial charge in [0.05, 0.1) is 36.6 Å². The van der Waals surface area contributed by atoms with Crippen molar-refractivity contribution in [2.45, 2.75) is 25.4 Å². The summed E-state index contributed by atoms with van der Waals surface area (Å²) in [5.41, 5.74) is -2.61. The van der Waals surface area contributed by atoms with Crippen LogP contribution < -0.4 is 15.1 Å². The molecule has 0 saturated heterocycles. The average Bonchev–Trinajstić information content (AvgIpc) is 3.23. The van der Waals surface area contributed by atoms with Gasteiger partial charge < -0.3 is 10.1 Å². The second kappa shape index (κ2) is 10.1. The summed E-state index contributed by atoms with van der Waals surface area (Å²) in [6.45, 7) is 1.61. The van der Waals surface area contributed by atoms with Gasteiger partial charge in [0.2, 0.25) is 0 Å². The molecule has 0 bridgehead atoms. The third-order valence-electron chi connectivity index (χ3n) is 5.66. The molecule has 3 aromatic rings. The van der Waals surface area contributed by atoms with Crippen LogP contribution in [0, 0.1) is 0 Å². The van der Waals surface area contributed by atoms with Crippen LogP contribution >= 0.6 is 11.6 Å². The summed E-state index contributed by atoms with van der Waals surface area (Å²) in [4.78, 5) is 17.5. The van der Waals surface area contributed by atoms with Crippen molar-refractivity contribution in [3.63, 3.8) is 0 Å². The topological polar surface area (TPSA) is 109 Å². The summed E-state index contributed by atoms with van der Waals surface area (Å²) in [6.07, 6.45) is 2.74. The van der Waals surface area contributed by atoms with Crippen LogP contribution in [-0.2, 0) is 23.0 Å². The van der Waals surface area contributed by atoms with Gasteiger partial charge in [-0.3, -0.25) is 14.2 Å². The van der Waals surface area contributed by atoms with Gasteiger partial charge in [-0.05, 0) is 24.1 Å². The predicted octanol–water partition coefficient (Wildman–Crippen LogP) is 3.40. The number of nitrogens with one attached hydrogen (secondary N) is 1. The zero-order valence-corrected chi connectivity index (χ0v) is 21.2. The van der Waals surface area contributed by atoms with Crippen molar-refractivity contribution in [2.75, 3.05) is 25.2 Å². The van der Waals surface area contributed by atoms with Crippen LogP contribution in [0.15, 0.2) is 41.6 Å². The van der Waals surface area contributed by atoms with E-state index in [1.807, 2.05) is 6.92 Å². The number of carbonyl (C=O) groups excluding carboxylic acids is 1. The number of nitrogens with zero attached hydrogens (tertiary/aromatic N) is 5. The molecule has 0 aliphatic carbocycles. The Kier molecular flexibility index (Phi) is 7.24. The smallest absolute Gasteiger partial charge is 0.495 e. The van der Waals surface area contributed by atoms with E-state index in [0.29, 0.717) is 46.3 Å². The number of alkyl halides is 3. The highest BCUT2D eigenvalue weighted by molar-refractivity contribution is 7.90. The fourth-order valence-electron chi connectivity index (χ4n) is 3.73. The summed E-state index contributed by atoms with van der Waals surface area (Å²) < 4.78 is 68.2. The Labute approximate surface area is 215 Å². The van der Waals surface area contributed by atoms with E-state index in [0.717, 1.165) is 5.56 Å². The summed E-state index contributed by atoms with van der Waals surface area (Å²) in [5.74, 6) is 0.0999. The maximum absolute atomic E-state index is 13.0. The molecule has 1 aromatic carbocycles. The monoisotopic (exact) mass is 558 g/mol. The molecular weight excluding hydrogens is 537 g/mol. The van der Waals surface area contributed by atoms with E-state index >= 15 is 0 Å².